The Bertz CT molecular complexity index is 903. The molecule has 0 radical (unpaired) electrons. The molecule has 0 aliphatic rings. The minimum absolute atomic E-state index is 0.220. The van der Waals surface area contributed by atoms with Gasteiger partial charge in [0.15, 0.2) is 6.61 Å². The van der Waals surface area contributed by atoms with E-state index in [2.05, 4.69) is 10.1 Å². The topological polar surface area (TPSA) is 84.5 Å². The smallest absolute Gasteiger partial charge is 0.418 e. The van der Waals surface area contributed by atoms with Crippen LogP contribution in [0.4, 0.5) is 24.5 Å². The lowest BCUT2D eigenvalue weighted by Gasteiger charge is -2.13. The van der Waals surface area contributed by atoms with Crippen LogP contribution in [0.25, 0.3) is 0 Å². The van der Waals surface area contributed by atoms with Gasteiger partial charge >= 0.3 is 12.1 Å². The molecule has 0 atom stereocenters. The minimum atomic E-state index is -4.64. The molecular weight excluding hydrogens is 413 g/mol. The second-order valence-corrected chi connectivity index (χ2v) is 6.19. The van der Waals surface area contributed by atoms with E-state index < -0.39 is 41.8 Å². The summed E-state index contributed by atoms with van der Waals surface area (Å²) in [5, 5.41) is 4.90. The van der Waals surface area contributed by atoms with Gasteiger partial charge in [-0.3, -0.25) is 14.4 Å². The molecule has 0 heterocycles. The molecule has 0 spiro atoms. The second-order valence-electron chi connectivity index (χ2n) is 5.78. The lowest BCUT2D eigenvalue weighted by molar-refractivity contribution is -0.148. The molecule has 0 aliphatic heterocycles. The number of halogens is 4. The van der Waals surface area contributed by atoms with Gasteiger partial charge in [-0.1, -0.05) is 35.9 Å². The lowest BCUT2D eigenvalue weighted by atomic mass is 10.1. The fraction of sp³-hybridized carbons (Fsp3) is 0.211. The van der Waals surface area contributed by atoms with Gasteiger partial charge in [0.1, 0.15) is 0 Å². The maximum absolute atomic E-state index is 12.9. The molecule has 6 nitrogen and oxygen atoms in total. The zero-order valence-electron chi connectivity index (χ0n) is 14.9. The van der Waals surface area contributed by atoms with Gasteiger partial charge in [-0.2, -0.15) is 13.2 Å². The van der Waals surface area contributed by atoms with Crippen LogP contribution in [-0.4, -0.2) is 24.4 Å². The van der Waals surface area contributed by atoms with E-state index in [9.17, 15) is 27.6 Å². The summed E-state index contributed by atoms with van der Waals surface area (Å²) in [6.07, 6.45) is -5.18. The van der Waals surface area contributed by atoms with E-state index in [0.717, 1.165) is 12.1 Å². The van der Waals surface area contributed by atoms with Gasteiger partial charge in [0, 0.05) is 6.42 Å². The van der Waals surface area contributed by atoms with Crippen molar-refractivity contribution in [3.8, 4) is 0 Å². The van der Waals surface area contributed by atoms with Gasteiger partial charge in [-0.15, -0.1) is 0 Å². The summed E-state index contributed by atoms with van der Waals surface area (Å²) in [4.78, 5) is 35.2. The van der Waals surface area contributed by atoms with Crippen molar-refractivity contribution in [3.63, 3.8) is 0 Å². The molecule has 0 unspecified atom stereocenters. The Labute approximate surface area is 169 Å². The molecule has 2 rings (SSSR count). The van der Waals surface area contributed by atoms with Crippen LogP contribution in [0.3, 0.4) is 0 Å². The van der Waals surface area contributed by atoms with Crippen molar-refractivity contribution in [2.45, 2.75) is 19.0 Å². The number of anilines is 2. The van der Waals surface area contributed by atoms with E-state index in [4.69, 9.17) is 11.6 Å². The first kappa shape index (κ1) is 22.2. The predicted octanol–water partition coefficient (Wildman–Crippen LogP) is 4.26. The summed E-state index contributed by atoms with van der Waals surface area (Å²) >= 11 is 5.90. The first-order valence-corrected chi connectivity index (χ1v) is 8.70. The highest BCUT2D eigenvalue weighted by Gasteiger charge is 2.33. The number of para-hydroxylation sites is 2. The number of nitrogens with one attached hydrogen (secondary N) is 2. The minimum Gasteiger partial charge on any atom is -0.456 e. The van der Waals surface area contributed by atoms with Crippen molar-refractivity contribution in [1.82, 2.24) is 0 Å². The van der Waals surface area contributed by atoms with E-state index in [1.165, 1.54) is 12.1 Å². The molecule has 0 bridgehead atoms. The molecule has 154 valence electrons. The molecule has 2 amide bonds. The Morgan fingerprint density at radius 1 is 0.862 bits per heavy atom. The van der Waals surface area contributed by atoms with E-state index >= 15 is 0 Å². The van der Waals surface area contributed by atoms with E-state index in [1.54, 1.807) is 24.3 Å². The third-order valence-electron chi connectivity index (χ3n) is 3.57. The maximum atomic E-state index is 12.9. The van der Waals surface area contributed by atoms with Crippen molar-refractivity contribution in [1.29, 1.82) is 0 Å². The molecule has 0 saturated heterocycles. The third kappa shape index (κ3) is 7.11. The molecule has 2 N–H and O–H groups in total. The number of hydrogen-bond acceptors (Lipinski definition) is 4. The van der Waals surface area contributed by atoms with E-state index in [1.807, 2.05) is 5.32 Å². The summed E-state index contributed by atoms with van der Waals surface area (Å²) in [7, 11) is 0. The first-order valence-electron chi connectivity index (χ1n) is 8.33. The summed E-state index contributed by atoms with van der Waals surface area (Å²) in [5.41, 5.74) is -1.08. The predicted molar refractivity (Wildman–Crippen MR) is 100 cm³/mol. The number of benzene rings is 2. The normalized spacial score (nSPS) is 10.9. The highest BCUT2D eigenvalue weighted by atomic mass is 35.5. The average molecular weight is 429 g/mol. The molecule has 0 aliphatic carbocycles. The molecule has 2 aromatic carbocycles. The van der Waals surface area contributed by atoms with Crippen molar-refractivity contribution in [2.24, 2.45) is 0 Å². The number of carbonyl (C=O) groups is 3. The zero-order chi connectivity index (χ0) is 21.4. The molecule has 0 saturated carbocycles. The number of amides is 2. The fourth-order valence-corrected chi connectivity index (χ4v) is 2.42. The standard InChI is InChI=1S/C19H16ClF3N2O4/c20-13-6-2-4-8-15(13)25-16(26)9-10-18(28)29-11-17(27)24-14-7-3-1-5-12(14)19(21,22)23/h1-8H,9-11H2,(H,24,27)(H,25,26). The fourth-order valence-electron chi connectivity index (χ4n) is 2.23. The summed E-state index contributed by atoms with van der Waals surface area (Å²) in [6, 6.07) is 10.9. The van der Waals surface area contributed by atoms with Crippen LogP contribution >= 0.6 is 11.6 Å². The SMILES string of the molecule is O=C(CCC(=O)OCC(=O)Nc1ccccc1C(F)(F)F)Nc1ccccc1Cl. The largest absolute Gasteiger partial charge is 0.456 e. The lowest BCUT2D eigenvalue weighted by Crippen LogP contribution is -2.23. The number of esters is 1. The van der Waals surface area contributed by atoms with Crippen LogP contribution in [-0.2, 0) is 25.3 Å². The maximum Gasteiger partial charge on any atom is 0.418 e. The Kier molecular flexibility index (Phi) is 7.60. The highest BCUT2D eigenvalue weighted by Crippen LogP contribution is 2.34. The van der Waals surface area contributed by atoms with Crippen LogP contribution in [0.2, 0.25) is 5.02 Å². The number of carbonyl (C=O) groups excluding carboxylic acids is 3. The van der Waals surface area contributed by atoms with Crippen LogP contribution in [0, 0.1) is 0 Å². The number of ether oxygens (including phenoxy) is 1. The Balaban J connectivity index is 1.77. The Morgan fingerprint density at radius 3 is 2.10 bits per heavy atom. The summed E-state index contributed by atoms with van der Waals surface area (Å²) < 4.78 is 43.3. The van der Waals surface area contributed by atoms with Gasteiger partial charge < -0.3 is 15.4 Å². The summed E-state index contributed by atoms with van der Waals surface area (Å²) in [5.74, 6) is -2.27. The van der Waals surface area contributed by atoms with Crippen LogP contribution in [0.15, 0.2) is 48.5 Å². The van der Waals surface area contributed by atoms with Gasteiger partial charge in [0.2, 0.25) is 5.91 Å². The zero-order valence-corrected chi connectivity index (χ0v) is 15.6. The highest BCUT2D eigenvalue weighted by molar-refractivity contribution is 6.33. The number of alkyl halides is 3. The van der Waals surface area contributed by atoms with E-state index in [0.29, 0.717) is 10.7 Å². The molecule has 10 heteroatoms. The van der Waals surface area contributed by atoms with Gasteiger partial charge in [0.05, 0.1) is 28.4 Å². The number of hydrogen-bond donors (Lipinski definition) is 2. The van der Waals surface area contributed by atoms with Gasteiger partial charge in [-0.05, 0) is 24.3 Å². The molecular formula is C19H16ClF3N2O4. The average Bonchev–Trinajstić information content (AvgIpc) is 2.66. The van der Waals surface area contributed by atoms with Crippen molar-refractivity contribution < 1.29 is 32.3 Å². The van der Waals surface area contributed by atoms with Gasteiger partial charge in [0.25, 0.3) is 5.91 Å². The second kappa shape index (κ2) is 9.92. The quantitative estimate of drug-likeness (QED) is 0.645. The van der Waals surface area contributed by atoms with E-state index in [-0.39, 0.29) is 12.8 Å². The van der Waals surface area contributed by atoms with Crippen LogP contribution < -0.4 is 10.6 Å². The third-order valence-corrected chi connectivity index (χ3v) is 3.90. The van der Waals surface area contributed by atoms with Crippen LogP contribution in [0.1, 0.15) is 18.4 Å². The van der Waals surface area contributed by atoms with Crippen LogP contribution in [0.5, 0.6) is 0 Å². The van der Waals surface area contributed by atoms with Crippen molar-refractivity contribution in [3.05, 3.63) is 59.1 Å². The monoisotopic (exact) mass is 428 g/mol. The first-order chi connectivity index (χ1) is 13.7. The van der Waals surface area contributed by atoms with Crippen molar-refractivity contribution >= 4 is 40.8 Å². The summed E-state index contributed by atoms with van der Waals surface area (Å²) in [6.45, 7) is -0.781. The molecule has 0 fully saturated rings. The molecule has 2 aromatic rings. The molecule has 0 aromatic heterocycles. The Hall–Kier alpha value is -3.07. The molecule has 29 heavy (non-hydrogen) atoms. The van der Waals surface area contributed by atoms with Gasteiger partial charge in [-0.25, -0.2) is 0 Å². The number of rotatable bonds is 7. The van der Waals surface area contributed by atoms with Crippen molar-refractivity contribution in [2.75, 3.05) is 17.2 Å². The Morgan fingerprint density at radius 2 is 1.45 bits per heavy atom.